The molecule has 1 heterocycles. The van der Waals surface area contributed by atoms with Gasteiger partial charge in [-0.3, -0.25) is 4.79 Å². The van der Waals surface area contributed by atoms with E-state index in [1.807, 2.05) is 24.3 Å². The molecule has 0 bridgehead atoms. The SMILES string of the molecule is O=C(/C=C/c1ccc(Cl)cc1)NCc1ccc(Br)s1. The van der Waals surface area contributed by atoms with Crippen LogP contribution in [0.5, 0.6) is 0 Å². The molecule has 0 aliphatic heterocycles. The molecule has 0 saturated heterocycles. The minimum Gasteiger partial charge on any atom is -0.348 e. The monoisotopic (exact) mass is 355 g/mol. The average molecular weight is 357 g/mol. The van der Waals surface area contributed by atoms with Gasteiger partial charge in [0.1, 0.15) is 0 Å². The predicted octanol–water partition coefficient (Wildman–Crippen LogP) is 4.49. The fraction of sp³-hybridized carbons (Fsp3) is 0.0714. The molecular formula is C14H11BrClNOS. The maximum absolute atomic E-state index is 11.6. The van der Waals surface area contributed by atoms with Gasteiger partial charge < -0.3 is 5.32 Å². The number of rotatable bonds is 4. The van der Waals surface area contributed by atoms with Crippen LogP contribution in [0.3, 0.4) is 0 Å². The van der Waals surface area contributed by atoms with Gasteiger partial charge in [0.05, 0.1) is 10.3 Å². The van der Waals surface area contributed by atoms with E-state index in [0.717, 1.165) is 14.2 Å². The minimum atomic E-state index is -0.112. The lowest BCUT2D eigenvalue weighted by Gasteiger charge is -1.99. The minimum absolute atomic E-state index is 0.112. The summed E-state index contributed by atoms with van der Waals surface area (Å²) < 4.78 is 1.06. The molecule has 0 atom stereocenters. The van der Waals surface area contributed by atoms with Crippen molar-refractivity contribution in [3.05, 3.63) is 61.7 Å². The van der Waals surface area contributed by atoms with Crippen LogP contribution in [0.2, 0.25) is 5.02 Å². The van der Waals surface area contributed by atoms with Gasteiger partial charge in [-0.1, -0.05) is 23.7 Å². The van der Waals surface area contributed by atoms with Gasteiger partial charge in [0.25, 0.3) is 0 Å². The molecule has 1 aromatic heterocycles. The molecule has 2 rings (SSSR count). The summed E-state index contributed by atoms with van der Waals surface area (Å²) in [5.74, 6) is -0.112. The highest BCUT2D eigenvalue weighted by atomic mass is 79.9. The van der Waals surface area contributed by atoms with Crippen molar-refractivity contribution in [2.24, 2.45) is 0 Å². The van der Waals surface area contributed by atoms with E-state index >= 15 is 0 Å². The van der Waals surface area contributed by atoms with Gasteiger partial charge in [-0.25, -0.2) is 0 Å². The molecule has 0 aliphatic carbocycles. The summed E-state index contributed by atoms with van der Waals surface area (Å²) in [6, 6.07) is 11.3. The zero-order chi connectivity index (χ0) is 13.7. The third-order valence-corrected chi connectivity index (χ3v) is 4.24. The van der Waals surface area contributed by atoms with E-state index in [4.69, 9.17) is 11.6 Å². The fourth-order valence-electron chi connectivity index (χ4n) is 1.43. The number of hydrogen-bond acceptors (Lipinski definition) is 2. The standard InChI is InChI=1S/C14H11BrClNOS/c15-13-7-6-12(19-13)9-17-14(18)8-3-10-1-4-11(16)5-2-10/h1-8H,9H2,(H,17,18)/b8-3+. The lowest BCUT2D eigenvalue weighted by atomic mass is 10.2. The summed E-state index contributed by atoms with van der Waals surface area (Å²) in [5, 5.41) is 3.52. The average Bonchev–Trinajstić information content (AvgIpc) is 2.81. The Hall–Kier alpha value is -1.10. The van der Waals surface area contributed by atoms with Gasteiger partial charge in [0, 0.05) is 16.0 Å². The van der Waals surface area contributed by atoms with Crippen LogP contribution in [0.25, 0.3) is 6.08 Å². The lowest BCUT2D eigenvalue weighted by molar-refractivity contribution is -0.116. The van der Waals surface area contributed by atoms with Crippen LogP contribution in [0.1, 0.15) is 10.4 Å². The van der Waals surface area contributed by atoms with E-state index in [-0.39, 0.29) is 5.91 Å². The van der Waals surface area contributed by atoms with Gasteiger partial charge in [0.2, 0.25) is 5.91 Å². The maximum atomic E-state index is 11.6. The molecule has 98 valence electrons. The molecule has 0 aliphatic rings. The Morgan fingerprint density at radius 3 is 2.63 bits per heavy atom. The first-order valence-corrected chi connectivity index (χ1v) is 7.58. The van der Waals surface area contributed by atoms with Crippen molar-refractivity contribution in [1.29, 1.82) is 0 Å². The number of thiophene rings is 1. The van der Waals surface area contributed by atoms with E-state index in [2.05, 4.69) is 21.2 Å². The number of amides is 1. The van der Waals surface area contributed by atoms with Crippen molar-refractivity contribution in [1.82, 2.24) is 5.32 Å². The van der Waals surface area contributed by atoms with Crippen LogP contribution in [0, 0.1) is 0 Å². The van der Waals surface area contributed by atoms with E-state index in [1.54, 1.807) is 29.5 Å². The van der Waals surface area contributed by atoms with Crippen LogP contribution >= 0.6 is 38.9 Å². The molecule has 2 nitrogen and oxygen atoms in total. The van der Waals surface area contributed by atoms with Gasteiger partial charge in [-0.05, 0) is 51.8 Å². The van der Waals surface area contributed by atoms with Gasteiger partial charge in [0.15, 0.2) is 0 Å². The summed E-state index contributed by atoms with van der Waals surface area (Å²) in [4.78, 5) is 12.7. The van der Waals surface area contributed by atoms with Gasteiger partial charge in [-0.2, -0.15) is 0 Å². The summed E-state index contributed by atoms with van der Waals surface area (Å²) in [6.07, 6.45) is 3.28. The van der Waals surface area contributed by atoms with Crippen molar-refractivity contribution in [2.75, 3.05) is 0 Å². The third kappa shape index (κ3) is 4.82. The number of nitrogens with one attached hydrogen (secondary N) is 1. The van der Waals surface area contributed by atoms with Gasteiger partial charge >= 0.3 is 0 Å². The zero-order valence-electron chi connectivity index (χ0n) is 9.90. The molecular weight excluding hydrogens is 346 g/mol. The molecule has 0 unspecified atom stereocenters. The van der Waals surface area contributed by atoms with E-state index in [1.165, 1.54) is 6.08 Å². The van der Waals surface area contributed by atoms with E-state index in [0.29, 0.717) is 11.6 Å². The Bertz CT molecular complexity index is 592. The van der Waals surface area contributed by atoms with E-state index in [9.17, 15) is 4.79 Å². The van der Waals surface area contributed by atoms with Gasteiger partial charge in [-0.15, -0.1) is 11.3 Å². The molecule has 1 aromatic carbocycles. The van der Waals surface area contributed by atoms with Crippen LogP contribution in [0.15, 0.2) is 46.3 Å². The Balaban J connectivity index is 1.85. The molecule has 0 fully saturated rings. The van der Waals surface area contributed by atoms with Crippen molar-refractivity contribution in [3.8, 4) is 0 Å². The number of carbonyl (C=O) groups is 1. The first-order valence-electron chi connectivity index (χ1n) is 5.59. The summed E-state index contributed by atoms with van der Waals surface area (Å²) in [6.45, 7) is 0.542. The zero-order valence-corrected chi connectivity index (χ0v) is 13.1. The van der Waals surface area contributed by atoms with E-state index < -0.39 is 0 Å². The summed E-state index contributed by atoms with van der Waals surface area (Å²) in [5.41, 5.74) is 0.943. The lowest BCUT2D eigenvalue weighted by Crippen LogP contribution is -2.19. The third-order valence-electron chi connectivity index (χ3n) is 2.36. The number of benzene rings is 1. The number of carbonyl (C=O) groups excluding carboxylic acids is 1. The summed E-state index contributed by atoms with van der Waals surface area (Å²) in [7, 11) is 0. The highest BCUT2D eigenvalue weighted by molar-refractivity contribution is 9.11. The molecule has 0 radical (unpaired) electrons. The summed E-state index contributed by atoms with van der Waals surface area (Å²) >= 11 is 10.8. The smallest absolute Gasteiger partial charge is 0.244 e. The fourth-order valence-corrected chi connectivity index (χ4v) is 2.97. The second-order valence-electron chi connectivity index (χ2n) is 3.81. The maximum Gasteiger partial charge on any atom is 0.244 e. The normalized spacial score (nSPS) is 10.8. The van der Waals surface area contributed by atoms with Crippen molar-refractivity contribution in [2.45, 2.75) is 6.54 Å². The predicted molar refractivity (Wildman–Crippen MR) is 84.4 cm³/mol. The molecule has 1 amide bonds. The van der Waals surface area contributed by atoms with Crippen LogP contribution < -0.4 is 5.32 Å². The highest BCUT2D eigenvalue weighted by Gasteiger charge is 1.99. The first-order chi connectivity index (χ1) is 9.13. The Morgan fingerprint density at radius 2 is 2.00 bits per heavy atom. The highest BCUT2D eigenvalue weighted by Crippen LogP contribution is 2.21. The van der Waals surface area contributed by atoms with Crippen molar-refractivity contribution in [3.63, 3.8) is 0 Å². The topological polar surface area (TPSA) is 29.1 Å². The van der Waals surface area contributed by atoms with Crippen LogP contribution in [-0.2, 0) is 11.3 Å². The van der Waals surface area contributed by atoms with Crippen molar-refractivity contribution < 1.29 is 4.79 Å². The van der Waals surface area contributed by atoms with Crippen LogP contribution in [-0.4, -0.2) is 5.91 Å². The second kappa shape index (κ2) is 6.89. The Kier molecular flexibility index (Phi) is 5.19. The molecule has 2 aromatic rings. The largest absolute Gasteiger partial charge is 0.348 e. The quantitative estimate of drug-likeness (QED) is 0.803. The molecule has 0 spiro atoms. The Morgan fingerprint density at radius 1 is 1.26 bits per heavy atom. The van der Waals surface area contributed by atoms with Crippen molar-refractivity contribution >= 4 is 50.9 Å². The Labute approximate surface area is 129 Å². The molecule has 1 N–H and O–H groups in total. The number of halogens is 2. The second-order valence-corrected chi connectivity index (χ2v) is 6.79. The molecule has 5 heteroatoms. The number of hydrogen-bond donors (Lipinski definition) is 1. The molecule has 19 heavy (non-hydrogen) atoms. The first kappa shape index (κ1) is 14.3. The molecule has 0 saturated carbocycles. The van der Waals surface area contributed by atoms with Crippen LogP contribution in [0.4, 0.5) is 0 Å².